The zero-order valence-electron chi connectivity index (χ0n) is 9.56. The first-order valence-electron chi connectivity index (χ1n) is 5.29. The Morgan fingerprint density at radius 1 is 1.12 bits per heavy atom. The van der Waals surface area contributed by atoms with E-state index in [-0.39, 0.29) is 18.1 Å². The second kappa shape index (κ2) is 7.10. The van der Waals surface area contributed by atoms with E-state index in [1.165, 1.54) is 12.1 Å². The normalized spacial score (nSPS) is 11.6. The van der Waals surface area contributed by atoms with E-state index in [0.29, 0.717) is 6.61 Å². The van der Waals surface area contributed by atoms with E-state index in [4.69, 9.17) is 8.92 Å². The summed E-state index contributed by atoms with van der Waals surface area (Å²) < 4.78 is 34.2. The van der Waals surface area contributed by atoms with Gasteiger partial charge in [-0.3, -0.25) is 4.18 Å². The number of benzene rings is 1. The van der Waals surface area contributed by atoms with Crippen LogP contribution < -0.4 is 0 Å². The Bertz CT molecular complexity index is 427. The van der Waals surface area contributed by atoms with E-state index in [1.807, 2.05) is 6.92 Å². The fourth-order valence-corrected chi connectivity index (χ4v) is 2.28. The molecule has 0 aliphatic rings. The van der Waals surface area contributed by atoms with Gasteiger partial charge in [-0.25, -0.2) is 0 Å². The van der Waals surface area contributed by atoms with Gasteiger partial charge in [-0.15, -0.1) is 0 Å². The summed E-state index contributed by atoms with van der Waals surface area (Å²) in [4.78, 5) is 0.149. The summed E-state index contributed by atoms with van der Waals surface area (Å²) in [5.74, 6) is 0. The maximum atomic E-state index is 11.7. The summed E-state index contributed by atoms with van der Waals surface area (Å²) in [5, 5.41) is 0. The smallest absolute Gasteiger partial charge is 0.297 e. The maximum Gasteiger partial charge on any atom is 0.297 e. The SMILES string of the molecule is CCCOCCOS(=O)(=O)c1ccc(Br)cc1. The lowest BCUT2D eigenvalue weighted by Gasteiger charge is -2.06. The first-order chi connectivity index (χ1) is 8.06. The lowest BCUT2D eigenvalue weighted by molar-refractivity contribution is 0.103. The highest BCUT2D eigenvalue weighted by molar-refractivity contribution is 9.10. The summed E-state index contributed by atoms with van der Waals surface area (Å²) in [5.41, 5.74) is 0. The molecule has 0 heterocycles. The van der Waals surface area contributed by atoms with Crippen LogP contribution in [0.2, 0.25) is 0 Å². The van der Waals surface area contributed by atoms with Crippen molar-refractivity contribution in [2.75, 3.05) is 19.8 Å². The van der Waals surface area contributed by atoms with Crippen molar-refractivity contribution in [1.82, 2.24) is 0 Å². The number of rotatable bonds is 7. The molecule has 0 aromatic heterocycles. The van der Waals surface area contributed by atoms with Crippen molar-refractivity contribution in [2.45, 2.75) is 18.2 Å². The number of hydrogen-bond donors (Lipinski definition) is 0. The molecule has 1 rings (SSSR count). The van der Waals surface area contributed by atoms with Crippen LogP contribution in [0.3, 0.4) is 0 Å². The Labute approximate surface area is 110 Å². The molecule has 0 aliphatic heterocycles. The van der Waals surface area contributed by atoms with Crippen LogP contribution in [-0.2, 0) is 19.0 Å². The molecule has 1 aromatic rings. The maximum absolute atomic E-state index is 11.7. The Morgan fingerprint density at radius 3 is 2.35 bits per heavy atom. The summed E-state index contributed by atoms with van der Waals surface area (Å²) in [6.45, 7) is 2.92. The predicted molar refractivity (Wildman–Crippen MR) is 68.4 cm³/mol. The van der Waals surface area contributed by atoms with Crippen molar-refractivity contribution in [2.24, 2.45) is 0 Å². The first-order valence-corrected chi connectivity index (χ1v) is 7.49. The van der Waals surface area contributed by atoms with Crippen LogP contribution in [0, 0.1) is 0 Å². The summed E-state index contributed by atoms with van der Waals surface area (Å²) in [6, 6.07) is 6.30. The standard InChI is InChI=1S/C11H15BrO4S/c1-2-7-15-8-9-16-17(13,14)11-5-3-10(12)4-6-11/h3-6H,2,7-9H2,1H3. The van der Waals surface area contributed by atoms with E-state index < -0.39 is 10.1 Å². The van der Waals surface area contributed by atoms with Crippen LogP contribution >= 0.6 is 15.9 Å². The van der Waals surface area contributed by atoms with Crippen LogP contribution in [0.25, 0.3) is 0 Å². The summed E-state index contributed by atoms with van der Waals surface area (Å²) in [6.07, 6.45) is 0.902. The molecule has 0 saturated heterocycles. The molecule has 0 saturated carbocycles. The third kappa shape index (κ3) is 5.16. The molecule has 0 aliphatic carbocycles. The molecule has 17 heavy (non-hydrogen) atoms. The average Bonchev–Trinajstić information content (AvgIpc) is 2.29. The first kappa shape index (κ1) is 14.6. The lowest BCUT2D eigenvalue weighted by Crippen LogP contribution is -2.11. The van der Waals surface area contributed by atoms with Crippen molar-refractivity contribution in [3.05, 3.63) is 28.7 Å². The quantitative estimate of drug-likeness (QED) is 0.572. The van der Waals surface area contributed by atoms with Gasteiger partial charge in [0.25, 0.3) is 10.1 Å². The minimum atomic E-state index is -3.67. The highest BCUT2D eigenvalue weighted by Crippen LogP contribution is 2.16. The average molecular weight is 323 g/mol. The van der Waals surface area contributed by atoms with Crippen LogP contribution in [0.15, 0.2) is 33.6 Å². The Balaban J connectivity index is 2.48. The molecule has 0 bridgehead atoms. The molecule has 0 unspecified atom stereocenters. The minimum Gasteiger partial charge on any atom is -0.379 e. The zero-order valence-corrected chi connectivity index (χ0v) is 12.0. The highest BCUT2D eigenvalue weighted by atomic mass is 79.9. The van der Waals surface area contributed by atoms with Gasteiger partial charge in [0, 0.05) is 11.1 Å². The van der Waals surface area contributed by atoms with E-state index in [2.05, 4.69) is 15.9 Å². The van der Waals surface area contributed by atoms with Gasteiger partial charge < -0.3 is 4.74 Å². The molecular weight excluding hydrogens is 308 g/mol. The molecule has 0 fully saturated rings. The monoisotopic (exact) mass is 322 g/mol. The molecule has 4 nitrogen and oxygen atoms in total. The molecular formula is C11H15BrO4S. The van der Waals surface area contributed by atoms with Gasteiger partial charge in [-0.1, -0.05) is 22.9 Å². The number of hydrogen-bond acceptors (Lipinski definition) is 4. The van der Waals surface area contributed by atoms with Crippen molar-refractivity contribution in [3.63, 3.8) is 0 Å². The fraction of sp³-hybridized carbons (Fsp3) is 0.455. The van der Waals surface area contributed by atoms with E-state index >= 15 is 0 Å². The topological polar surface area (TPSA) is 52.6 Å². The van der Waals surface area contributed by atoms with Crippen molar-refractivity contribution < 1.29 is 17.3 Å². The summed E-state index contributed by atoms with van der Waals surface area (Å²) in [7, 11) is -3.67. The molecule has 0 atom stereocenters. The zero-order chi connectivity index (χ0) is 12.7. The predicted octanol–water partition coefficient (Wildman–Crippen LogP) is 2.58. The Morgan fingerprint density at radius 2 is 1.76 bits per heavy atom. The Kier molecular flexibility index (Phi) is 6.11. The molecule has 6 heteroatoms. The molecule has 0 radical (unpaired) electrons. The van der Waals surface area contributed by atoms with Crippen LogP contribution in [0.5, 0.6) is 0 Å². The molecule has 0 N–H and O–H groups in total. The molecule has 1 aromatic carbocycles. The van der Waals surface area contributed by atoms with Crippen LogP contribution in [0.4, 0.5) is 0 Å². The van der Waals surface area contributed by atoms with E-state index in [9.17, 15) is 8.42 Å². The van der Waals surface area contributed by atoms with E-state index in [1.54, 1.807) is 12.1 Å². The molecule has 0 amide bonds. The van der Waals surface area contributed by atoms with Crippen molar-refractivity contribution in [3.8, 4) is 0 Å². The summed E-state index contributed by atoms with van der Waals surface area (Å²) >= 11 is 3.24. The molecule has 0 spiro atoms. The minimum absolute atomic E-state index is 0.0401. The van der Waals surface area contributed by atoms with Gasteiger partial charge in [0.05, 0.1) is 18.1 Å². The van der Waals surface area contributed by atoms with Crippen molar-refractivity contribution >= 4 is 26.0 Å². The van der Waals surface area contributed by atoms with Crippen molar-refractivity contribution in [1.29, 1.82) is 0 Å². The third-order valence-corrected chi connectivity index (χ3v) is 3.77. The van der Waals surface area contributed by atoms with Gasteiger partial charge in [0.1, 0.15) is 0 Å². The third-order valence-electron chi connectivity index (χ3n) is 1.92. The number of halogens is 1. The lowest BCUT2D eigenvalue weighted by atomic mass is 10.4. The van der Waals surface area contributed by atoms with E-state index in [0.717, 1.165) is 10.9 Å². The largest absolute Gasteiger partial charge is 0.379 e. The van der Waals surface area contributed by atoms with Crippen LogP contribution in [0.1, 0.15) is 13.3 Å². The number of ether oxygens (including phenoxy) is 1. The second-order valence-corrected chi connectivity index (χ2v) is 5.87. The van der Waals surface area contributed by atoms with Gasteiger partial charge >= 0.3 is 0 Å². The van der Waals surface area contributed by atoms with Gasteiger partial charge in [0.15, 0.2) is 0 Å². The van der Waals surface area contributed by atoms with Crippen LogP contribution in [-0.4, -0.2) is 28.2 Å². The second-order valence-electron chi connectivity index (χ2n) is 3.34. The fourth-order valence-electron chi connectivity index (χ4n) is 1.12. The van der Waals surface area contributed by atoms with Gasteiger partial charge in [-0.05, 0) is 30.7 Å². The van der Waals surface area contributed by atoms with Gasteiger partial charge in [-0.2, -0.15) is 8.42 Å². The van der Waals surface area contributed by atoms with Gasteiger partial charge in [0.2, 0.25) is 0 Å². The molecule has 96 valence electrons. The highest BCUT2D eigenvalue weighted by Gasteiger charge is 2.14. The Hall–Kier alpha value is -0.430.